The van der Waals surface area contributed by atoms with Gasteiger partial charge in [-0.25, -0.2) is 0 Å². The summed E-state index contributed by atoms with van der Waals surface area (Å²) in [5.74, 6) is -0.648. The second-order valence-corrected chi connectivity index (χ2v) is 6.81. The molecule has 18 heavy (non-hydrogen) atoms. The number of carboxylic acids is 1. The molecule has 0 amide bonds. The molecule has 4 nitrogen and oxygen atoms in total. The van der Waals surface area contributed by atoms with Gasteiger partial charge in [-0.3, -0.25) is 10.1 Å². The van der Waals surface area contributed by atoms with E-state index in [2.05, 4.69) is 5.32 Å². The molecular weight excluding hydrogens is 250 g/mol. The van der Waals surface area contributed by atoms with Crippen molar-refractivity contribution in [2.45, 2.75) is 36.9 Å². The Morgan fingerprint density at radius 1 is 1.44 bits per heavy atom. The molecule has 1 heterocycles. The standard InChI is InChI=1S/C13H17NO3S/c1-7-5-4-6-8(15)9(7)11-14-10(12(16)17)13(2,3)18-11/h4-6,10-11,14-15H,1-3H3,(H,16,17). The van der Waals surface area contributed by atoms with E-state index < -0.39 is 16.8 Å². The number of phenolic OH excluding ortho intramolecular Hbond substituents is 1. The Morgan fingerprint density at radius 3 is 2.61 bits per heavy atom. The van der Waals surface area contributed by atoms with E-state index in [0.717, 1.165) is 11.1 Å². The average Bonchev–Trinajstić information content (AvgIpc) is 2.54. The first-order valence-electron chi connectivity index (χ1n) is 5.78. The van der Waals surface area contributed by atoms with Crippen LogP contribution in [0.3, 0.4) is 0 Å². The molecule has 0 aliphatic carbocycles. The maximum absolute atomic E-state index is 11.2. The third kappa shape index (κ3) is 2.20. The summed E-state index contributed by atoms with van der Waals surface area (Å²) < 4.78 is -0.411. The highest BCUT2D eigenvalue weighted by atomic mass is 32.2. The minimum atomic E-state index is -0.858. The van der Waals surface area contributed by atoms with Crippen LogP contribution in [0.4, 0.5) is 0 Å². The van der Waals surface area contributed by atoms with Crippen molar-refractivity contribution in [2.24, 2.45) is 0 Å². The number of phenols is 1. The van der Waals surface area contributed by atoms with E-state index in [4.69, 9.17) is 0 Å². The highest BCUT2D eigenvalue weighted by Gasteiger charge is 2.46. The molecule has 98 valence electrons. The van der Waals surface area contributed by atoms with Gasteiger partial charge in [-0.15, -0.1) is 11.8 Å². The largest absolute Gasteiger partial charge is 0.508 e. The number of carboxylic acid groups (broad SMARTS) is 1. The molecule has 1 saturated heterocycles. The monoisotopic (exact) mass is 267 g/mol. The topological polar surface area (TPSA) is 69.6 Å². The fourth-order valence-electron chi connectivity index (χ4n) is 2.28. The molecule has 3 N–H and O–H groups in total. The number of carbonyl (C=O) groups is 1. The summed E-state index contributed by atoms with van der Waals surface area (Å²) in [7, 11) is 0. The summed E-state index contributed by atoms with van der Waals surface area (Å²) in [6, 6.07) is 4.71. The number of hydrogen-bond acceptors (Lipinski definition) is 4. The maximum Gasteiger partial charge on any atom is 0.322 e. The van der Waals surface area contributed by atoms with Crippen LogP contribution in [0.1, 0.15) is 30.3 Å². The quantitative estimate of drug-likeness (QED) is 0.767. The molecule has 0 spiro atoms. The van der Waals surface area contributed by atoms with Gasteiger partial charge in [0.1, 0.15) is 11.8 Å². The summed E-state index contributed by atoms with van der Waals surface area (Å²) in [6.45, 7) is 5.72. The molecule has 1 aromatic rings. The second-order valence-electron chi connectivity index (χ2n) is 5.05. The van der Waals surface area contributed by atoms with Crippen LogP contribution in [0.5, 0.6) is 5.75 Å². The molecule has 1 aliphatic rings. The van der Waals surface area contributed by atoms with E-state index in [1.165, 1.54) is 11.8 Å². The zero-order chi connectivity index (χ0) is 13.5. The summed E-state index contributed by atoms with van der Waals surface area (Å²) in [4.78, 5) is 11.2. The molecule has 2 atom stereocenters. The number of benzene rings is 1. The summed E-state index contributed by atoms with van der Waals surface area (Å²) in [6.07, 6.45) is 0. The lowest BCUT2D eigenvalue weighted by Gasteiger charge is -2.20. The normalized spacial score (nSPS) is 26.2. The van der Waals surface area contributed by atoms with Crippen molar-refractivity contribution in [3.05, 3.63) is 29.3 Å². The predicted octanol–water partition coefficient (Wildman–Crippen LogP) is 2.27. The molecule has 0 aromatic heterocycles. The zero-order valence-corrected chi connectivity index (χ0v) is 11.4. The van der Waals surface area contributed by atoms with Crippen molar-refractivity contribution in [1.29, 1.82) is 0 Å². The number of nitrogens with one attached hydrogen (secondary N) is 1. The van der Waals surface area contributed by atoms with Gasteiger partial charge in [0.2, 0.25) is 0 Å². The van der Waals surface area contributed by atoms with Gasteiger partial charge in [0.25, 0.3) is 0 Å². The highest BCUT2D eigenvalue weighted by Crippen LogP contribution is 2.48. The second kappa shape index (κ2) is 4.48. The van der Waals surface area contributed by atoms with Crippen LogP contribution in [0, 0.1) is 6.92 Å². The first kappa shape index (κ1) is 13.2. The van der Waals surface area contributed by atoms with Crippen LogP contribution in [0.2, 0.25) is 0 Å². The minimum absolute atomic E-state index is 0.192. The van der Waals surface area contributed by atoms with Crippen LogP contribution in [-0.2, 0) is 4.79 Å². The van der Waals surface area contributed by atoms with Crippen LogP contribution in [0.15, 0.2) is 18.2 Å². The Morgan fingerprint density at radius 2 is 2.11 bits per heavy atom. The summed E-state index contributed by atoms with van der Waals surface area (Å²) >= 11 is 1.53. The lowest BCUT2D eigenvalue weighted by Crippen LogP contribution is -2.43. The number of aliphatic carboxylic acids is 1. The van der Waals surface area contributed by atoms with E-state index in [0.29, 0.717) is 0 Å². The van der Waals surface area contributed by atoms with Crippen LogP contribution in [0.25, 0.3) is 0 Å². The highest BCUT2D eigenvalue weighted by molar-refractivity contribution is 8.01. The van der Waals surface area contributed by atoms with Gasteiger partial charge in [-0.05, 0) is 32.4 Å². The van der Waals surface area contributed by atoms with Crippen molar-refractivity contribution >= 4 is 17.7 Å². The van der Waals surface area contributed by atoms with Gasteiger partial charge < -0.3 is 10.2 Å². The van der Waals surface area contributed by atoms with Gasteiger partial charge in [0.05, 0.1) is 5.37 Å². The zero-order valence-electron chi connectivity index (χ0n) is 10.6. The van der Waals surface area contributed by atoms with E-state index in [9.17, 15) is 15.0 Å². The predicted molar refractivity (Wildman–Crippen MR) is 71.8 cm³/mol. The molecule has 0 saturated carbocycles. The van der Waals surface area contributed by atoms with E-state index in [1.807, 2.05) is 26.8 Å². The number of thioether (sulfide) groups is 1. The molecule has 2 unspecified atom stereocenters. The van der Waals surface area contributed by atoms with Crippen LogP contribution < -0.4 is 5.32 Å². The molecule has 1 aromatic carbocycles. The summed E-state index contributed by atoms with van der Waals surface area (Å²) in [5, 5.41) is 22.0. The Balaban J connectivity index is 2.35. The van der Waals surface area contributed by atoms with E-state index in [-0.39, 0.29) is 11.1 Å². The van der Waals surface area contributed by atoms with Crippen LogP contribution in [-0.4, -0.2) is 27.0 Å². The van der Waals surface area contributed by atoms with E-state index in [1.54, 1.807) is 12.1 Å². The van der Waals surface area contributed by atoms with Crippen molar-refractivity contribution < 1.29 is 15.0 Å². The van der Waals surface area contributed by atoms with Crippen molar-refractivity contribution in [1.82, 2.24) is 5.32 Å². The number of rotatable bonds is 2. The molecule has 2 rings (SSSR count). The fraction of sp³-hybridized carbons (Fsp3) is 0.462. The average molecular weight is 267 g/mol. The molecule has 0 radical (unpaired) electrons. The smallest absolute Gasteiger partial charge is 0.322 e. The molecule has 0 bridgehead atoms. The molecule has 5 heteroatoms. The van der Waals surface area contributed by atoms with Crippen LogP contribution >= 0.6 is 11.8 Å². The lowest BCUT2D eigenvalue weighted by atomic mass is 10.0. The number of aryl methyl sites for hydroxylation is 1. The van der Waals surface area contributed by atoms with Gasteiger partial charge in [-0.1, -0.05) is 12.1 Å². The van der Waals surface area contributed by atoms with Crippen molar-refractivity contribution in [3.8, 4) is 5.75 Å². The first-order chi connectivity index (χ1) is 8.33. The number of aromatic hydroxyl groups is 1. The van der Waals surface area contributed by atoms with Gasteiger partial charge in [-0.2, -0.15) is 0 Å². The van der Waals surface area contributed by atoms with Gasteiger partial charge in [0, 0.05) is 10.3 Å². The third-order valence-electron chi connectivity index (χ3n) is 3.25. The Bertz CT molecular complexity index is 467. The molecule has 1 aliphatic heterocycles. The molecular formula is C13H17NO3S. The third-order valence-corrected chi connectivity index (χ3v) is 4.70. The lowest BCUT2D eigenvalue weighted by molar-refractivity contribution is -0.139. The van der Waals surface area contributed by atoms with Gasteiger partial charge >= 0.3 is 5.97 Å². The Kier molecular flexibility index (Phi) is 3.29. The minimum Gasteiger partial charge on any atom is -0.508 e. The fourth-order valence-corrected chi connectivity index (χ4v) is 3.82. The number of hydrogen-bond donors (Lipinski definition) is 3. The van der Waals surface area contributed by atoms with Crippen molar-refractivity contribution in [3.63, 3.8) is 0 Å². The maximum atomic E-state index is 11.2. The molecule has 1 fully saturated rings. The van der Waals surface area contributed by atoms with Crippen molar-refractivity contribution in [2.75, 3.05) is 0 Å². The first-order valence-corrected chi connectivity index (χ1v) is 6.66. The summed E-state index contributed by atoms with van der Waals surface area (Å²) in [5.41, 5.74) is 1.74. The SMILES string of the molecule is Cc1cccc(O)c1C1NC(C(=O)O)C(C)(C)S1. The Hall–Kier alpha value is -1.20. The van der Waals surface area contributed by atoms with Gasteiger partial charge in [0.15, 0.2) is 0 Å². The Labute approximate surface area is 110 Å². The van der Waals surface area contributed by atoms with E-state index >= 15 is 0 Å².